The SMILES string of the molecule is Cc1sc2nc(-c3cc(Br)ccc3F)nc(N)c2c1C. The molecule has 0 aliphatic carbocycles. The van der Waals surface area contributed by atoms with Crippen molar-refractivity contribution in [3.63, 3.8) is 0 Å². The van der Waals surface area contributed by atoms with E-state index in [9.17, 15) is 4.39 Å². The van der Waals surface area contributed by atoms with E-state index in [1.165, 1.54) is 6.07 Å². The third kappa shape index (κ3) is 2.09. The highest BCUT2D eigenvalue weighted by Gasteiger charge is 2.15. The van der Waals surface area contributed by atoms with Gasteiger partial charge in [0.1, 0.15) is 16.5 Å². The van der Waals surface area contributed by atoms with Crippen LogP contribution in [0.4, 0.5) is 10.2 Å². The van der Waals surface area contributed by atoms with E-state index in [4.69, 9.17) is 5.73 Å². The average molecular weight is 352 g/mol. The van der Waals surface area contributed by atoms with Gasteiger partial charge in [0.2, 0.25) is 0 Å². The summed E-state index contributed by atoms with van der Waals surface area (Å²) in [6, 6.07) is 4.68. The molecular formula is C14H11BrFN3S. The van der Waals surface area contributed by atoms with Crippen LogP contribution in [0, 0.1) is 19.7 Å². The summed E-state index contributed by atoms with van der Waals surface area (Å²) in [4.78, 5) is 10.7. The zero-order chi connectivity index (χ0) is 14.4. The van der Waals surface area contributed by atoms with Crippen molar-refractivity contribution in [3.8, 4) is 11.4 Å². The number of rotatable bonds is 1. The van der Waals surface area contributed by atoms with Gasteiger partial charge in [0.25, 0.3) is 0 Å². The first kappa shape index (κ1) is 13.5. The molecule has 3 aromatic rings. The van der Waals surface area contributed by atoms with E-state index in [1.807, 2.05) is 13.8 Å². The number of nitrogens with zero attached hydrogens (tertiary/aromatic N) is 2. The first-order valence-corrected chi connectivity index (χ1v) is 7.57. The smallest absolute Gasteiger partial charge is 0.166 e. The van der Waals surface area contributed by atoms with Gasteiger partial charge in [0, 0.05) is 9.35 Å². The number of thiophene rings is 1. The van der Waals surface area contributed by atoms with Crippen LogP contribution in [0.5, 0.6) is 0 Å². The molecule has 0 fully saturated rings. The van der Waals surface area contributed by atoms with Gasteiger partial charge in [-0.3, -0.25) is 0 Å². The monoisotopic (exact) mass is 351 g/mol. The Balaban J connectivity index is 2.30. The lowest BCUT2D eigenvalue weighted by atomic mass is 10.2. The maximum atomic E-state index is 13.9. The Morgan fingerprint density at radius 3 is 2.75 bits per heavy atom. The van der Waals surface area contributed by atoms with E-state index in [0.717, 1.165) is 25.1 Å². The summed E-state index contributed by atoms with van der Waals surface area (Å²) in [5.74, 6) is 0.346. The molecule has 0 saturated carbocycles. The number of nitrogens with two attached hydrogens (primary N) is 1. The van der Waals surface area contributed by atoms with Gasteiger partial charge < -0.3 is 5.73 Å². The second-order valence-corrected chi connectivity index (χ2v) is 6.64. The normalized spacial score (nSPS) is 11.2. The number of nitrogen functional groups attached to an aromatic ring is 1. The van der Waals surface area contributed by atoms with Crippen LogP contribution in [-0.4, -0.2) is 9.97 Å². The lowest BCUT2D eigenvalue weighted by molar-refractivity contribution is 0.630. The Labute approximate surface area is 127 Å². The molecule has 2 heterocycles. The molecule has 0 spiro atoms. The molecule has 0 radical (unpaired) electrons. The number of halogens is 2. The largest absolute Gasteiger partial charge is 0.383 e. The molecule has 1 aromatic carbocycles. The summed E-state index contributed by atoms with van der Waals surface area (Å²) in [6.07, 6.45) is 0. The zero-order valence-electron chi connectivity index (χ0n) is 10.9. The van der Waals surface area contributed by atoms with Crippen LogP contribution in [0.2, 0.25) is 0 Å². The topological polar surface area (TPSA) is 51.8 Å². The Morgan fingerprint density at radius 1 is 1.25 bits per heavy atom. The van der Waals surface area contributed by atoms with Crippen molar-refractivity contribution in [1.29, 1.82) is 0 Å². The maximum absolute atomic E-state index is 13.9. The predicted octanol–water partition coefficient (Wildman–Crippen LogP) is 4.46. The van der Waals surface area contributed by atoms with Crippen molar-refractivity contribution in [2.45, 2.75) is 13.8 Å². The van der Waals surface area contributed by atoms with Crippen molar-refractivity contribution < 1.29 is 4.39 Å². The van der Waals surface area contributed by atoms with Crippen LogP contribution in [0.1, 0.15) is 10.4 Å². The first-order chi connectivity index (χ1) is 9.47. The summed E-state index contributed by atoms with van der Waals surface area (Å²) < 4.78 is 14.7. The highest BCUT2D eigenvalue weighted by molar-refractivity contribution is 9.10. The molecule has 6 heteroatoms. The molecule has 2 aromatic heterocycles. The van der Waals surface area contributed by atoms with Gasteiger partial charge in [-0.1, -0.05) is 15.9 Å². The fraction of sp³-hybridized carbons (Fsp3) is 0.143. The summed E-state index contributed by atoms with van der Waals surface area (Å²) in [6.45, 7) is 4.01. The van der Waals surface area contributed by atoms with E-state index in [0.29, 0.717) is 17.2 Å². The highest BCUT2D eigenvalue weighted by Crippen LogP contribution is 2.34. The van der Waals surface area contributed by atoms with Gasteiger partial charge in [0.15, 0.2) is 5.82 Å². The van der Waals surface area contributed by atoms with E-state index >= 15 is 0 Å². The molecule has 0 unspecified atom stereocenters. The average Bonchev–Trinajstić information content (AvgIpc) is 2.68. The van der Waals surface area contributed by atoms with Crippen LogP contribution in [-0.2, 0) is 0 Å². The van der Waals surface area contributed by atoms with Crippen molar-refractivity contribution >= 4 is 43.3 Å². The van der Waals surface area contributed by atoms with Crippen LogP contribution in [0.3, 0.4) is 0 Å². The van der Waals surface area contributed by atoms with E-state index in [2.05, 4.69) is 25.9 Å². The number of anilines is 1. The Hall–Kier alpha value is -1.53. The summed E-state index contributed by atoms with van der Waals surface area (Å²) in [5.41, 5.74) is 7.45. The van der Waals surface area contributed by atoms with Crippen LogP contribution in [0.15, 0.2) is 22.7 Å². The Kier molecular flexibility index (Phi) is 3.22. The van der Waals surface area contributed by atoms with Crippen molar-refractivity contribution in [2.24, 2.45) is 0 Å². The van der Waals surface area contributed by atoms with Gasteiger partial charge in [-0.05, 0) is 37.6 Å². The number of aromatic nitrogens is 2. The van der Waals surface area contributed by atoms with Crippen LogP contribution in [0.25, 0.3) is 21.6 Å². The van der Waals surface area contributed by atoms with Gasteiger partial charge in [-0.2, -0.15) is 0 Å². The summed E-state index contributed by atoms with van der Waals surface area (Å²) >= 11 is 4.87. The second-order valence-electron chi connectivity index (χ2n) is 4.52. The second kappa shape index (κ2) is 4.79. The number of aryl methyl sites for hydroxylation is 2. The number of hydrogen-bond acceptors (Lipinski definition) is 4. The quantitative estimate of drug-likeness (QED) is 0.704. The third-order valence-corrected chi connectivity index (χ3v) is 4.82. The molecule has 2 N–H and O–H groups in total. The number of benzene rings is 1. The minimum Gasteiger partial charge on any atom is -0.383 e. The molecule has 102 valence electrons. The number of hydrogen-bond donors (Lipinski definition) is 1. The molecule has 3 rings (SSSR count). The van der Waals surface area contributed by atoms with Gasteiger partial charge in [-0.25, -0.2) is 14.4 Å². The van der Waals surface area contributed by atoms with E-state index < -0.39 is 0 Å². The summed E-state index contributed by atoms with van der Waals surface area (Å²) in [7, 11) is 0. The minimum atomic E-state index is -0.364. The van der Waals surface area contributed by atoms with Gasteiger partial charge >= 0.3 is 0 Å². The molecular weight excluding hydrogens is 341 g/mol. The van der Waals surface area contributed by atoms with Crippen molar-refractivity contribution in [1.82, 2.24) is 9.97 Å². The van der Waals surface area contributed by atoms with Crippen molar-refractivity contribution in [2.75, 3.05) is 5.73 Å². The highest BCUT2D eigenvalue weighted by atomic mass is 79.9. The lowest BCUT2D eigenvalue weighted by Crippen LogP contribution is -1.98. The van der Waals surface area contributed by atoms with Crippen molar-refractivity contribution in [3.05, 3.63) is 38.9 Å². The molecule has 0 aliphatic heterocycles. The zero-order valence-corrected chi connectivity index (χ0v) is 13.3. The third-order valence-electron chi connectivity index (χ3n) is 3.23. The van der Waals surface area contributed by atoms with Gasteiger partial charge in [-0.15, -0.1) is 11.3 Å². The molecule has 20 heavy (non-hydrogen) atoms. The molecule has 3 nitrogen and oxygen atoms in total. The van der Waals surface area contributed by atoms with E-state index in [1.54, 1.807) is 23.5 Å². The lowest BCUT2D eigenvalue weighted by Gasteiger charge is -2.05. The molecule has 0 aliphatic rings. The fourth-order valence-corrected chi connectivity index (χ4v) is 3.47. The van der Waals surface area contributed by atoms with Gasteiger partial charge in [0.05, 0.1) is 10.9 Å². The summed E-state index contributed by atoms with van der Waals surface area (Å²) in [5, 5.41) is 0.867. The molecule has 0 saturated heterocycles. The standard InChI is InChI=1S/C14H11BrFN3S/c1-6-7(2)20-14-11(6)12(17)18-13(19-14)9-5-8(15)3-4-10(9)16/h3-5H,1-2H3,(H2,17,18,19). The molecule has 0 atom stereocenters. The maximum Gasteiger partial charge on any atom is 0.166 e. The molecule has 0 bridgehead atoms. The first-order valence-electron chi connectivity index (χ1n) is 5.96. The molecule has 0 amide bonds. The van der Waals surface area contributed by atoms with E-state index in [-0.39, 0.29) is 5.82 Å². The minimum absolute atomic E-state index is 0.315. The fourth-order valence-electron chi connectivity index (χ4n) is 2.07. The van der Waals surface area contributed by atoms with Crippen LogP contribution >= 0.6 is 27.3 Å². The Morgan fingerprint density at radius 2 is 2.00 bits per heavy atom. The predicted molar refractivity (Wildman–Crippen MR) is 84.4 cm³/mol. The number of fused-ring (bicyclic) bond motifs is 1. The Bertz CT molecular complexity index is 829. The van der Waals surface area contributed by atoms with Crippen LogP contribution < -0.4 is 5.73 Å².